The number of anilines is 4. The van der Waals surface area contributed by atoms with Crippen molar-refractivity contribution < 1.29 is 14.7 Å². The van der Waals surface area contributed by atoms with Crippen LogP contribution in [0.3, 0.4) is 0 Å². The zero-order valence-corrected chi connectivity index (χ0v) is 19.9. The highest BCUT2D eigenvalue weighted by atomic mass is 35.5. The average molecular weight is 474 g/mol. The summed E-state index contributed by atoms with van der Waals surface area (Å²) in [7, 11) is 0. The van der Waals surface area contributed by atoms with Gasteiger partial charge < -0.3 is 21.1 Å². The van der Waals surface area contributed by atoms with Gasteiger partial charge in [0.25, 0.3) is 5.91 Å². The van der Waals surface area contributed by atoms with Gasteiger partial charge in [-0.3, -0.25) is 9.59 Å². The number of aromatic hydroxyl groups is 1. The Bertz CT molecular complexity index is 1190. The van der Waals surface area contributed by atoms with Crippen molar-refractivity contribution >= 4 is 57.2 Å². The second kappa shape index (κ2) is 9.13. The van der Waals surface area contributed by atoms with Gasteiger partial charge in [-0.05, 0) is 37.6 Å². The number of hydrogen-bond acceptors (Lipinski definition) is 7. The predicted octanol–water partition coefficient (Wildman–Crippen LogP) is 5.49. The topological polar surface area (TPSA) is 116 Å². The van der Waals surface area contributed by atoms with Crippen molar-refractivity contribution in [3.63, 3.8) is 0 Å². The third kappa shape index (κ3) is 5.35. The zero-order chi connectivity index (χ0) is 23.6. The van der Waals surface area contributed by atoms with E-state index in [0.717, 1.165) is 16.9 Å². The maximum absolute atomic E-state index is 12.7. The molecule has 0 aliphatic rings. The number of nitrogens with one attached hydrogen (secondary N) is 3. The summed E-state index contributed by atoms with van der Waals surface area (Å²) >= 11 is 7.36. The van der Waals surface area contributed by atoms with Crippen LogP contribution in [0.4, 0.5) is 22.5 Å². The van der Waals surface area contributed by atoms with E-state index >= 15 is 0 Å². The SMILES string of the molecule is Cc1ccc(O)c(C)c1NC(=O)c1cnc(Nc2nc(NC(=O)C(C)(C)C)ccc2Cl)s1. The summed E-state index contributed by atoms with van der Waals surface area (Å²) in [4.78, 5) is 33.8. The van der Waals surface area contributed by atoms with Gasteiger partial charge in [0.15, 0.2) is 10.9 Å². The summed E-state index contributed by atoms with van der Waals surface area (Å²) in [6.07, 6.45) is 1.44. The maximum atomic E-state index is 12.7. The van der Waals surface area contributed by atoms with Crippen molar-refractivity contribution in [3.8, 4) is 5.75 Å². The van der Waals surface area contributed by atoms with Gasteiger partial charge in [-0.1, -0.05) is 49.8 Å². The lowest BCUT2D eigenvalue weighted by Crippen LogP contribution is -2.28. The first-order chi connectivity index (χ1) is 15.0. The summed E-state index contributed by atoms with van der Waals surface area (Å²) in [5.74, 6) is 0.235. The molecule has 2 amide bonds. The van der Waals surface area contributed by atoms with Crippen LogP contribution in [0, 0.1) is 19.3 Å². The molecule has 0 saturated carbocycles. The lowest BCUT2D eigenvalue weighted by Gasteiger charge is -2.17. The minimum absolute atomic E-state index is 0.108. The smallest absolute Gasteiger partial charge is 0.267 e. The zero-order valence-electron chi connectivity index (χ0n) is 18.3. The van der Waals surface area contributed by atoms with Crippen LogP contribution < -0.4 is 16.0 Å². The quantitative estimate of drug-likeness (QED) is 0.389. The van der Waals surface area contributed by atoms with Crippen LogP contribution in [-0.4, -0.2) is 26.9 Å². The number of pyridine rings is 1. The molecule has 8 nitrogen and oxygen atoms in total. The first-order valence-electron chi connectivity index (χ1n) is 9.77. The monoisotopic (exact) mass is 473 g/mol. The van der Waals surface area contributed by atoms with Crippen LogP contribution in [-0.2, 0) is 4.79 Å². The second-order valence-electron chi connectivity index (χ2n) is 8.24. The number of phenols is 1. The Hall–Kier alpha value is -3.17. The molecule has 0 bridgehead atoms. The van der Waals surface area contributed by atoms with E-state index in [1.54, 1.807) is 52.0 Å². The molecule has 0 aliphatic heterocycles. The van der Waals surface area contributed by atoms with Crippen molar-refractivity contribution in [3.05, 3.63) is 51.5 Å². The van der Waals surface area contributed by atoms with E-state index in [9.17, 15) is 14.7 Å². The number of halogens is 1. The van der Waals surface area contributed by atoms with Gasteiger partial charge in [0, 0.05) is 11.0 Å². The van der Waals surface area contributed by atoms with Gasteiger partial charge >= 0.3 is 0 Å². The number of phenolic OH excluding ortho intramolecular Hbond substituents is 1. The minimum atomic E-state index is -0.571. The minimum Gasteiger partial charge on any atom is -0.508 e. The van der Waals surface area contributed by atoms with Crippen LogP contribution in [0.5, 0.6) is 5.75 Å². The van der Waals surface area contributed by atoms with E-state index in [0.29, 0.717) is 37.9 Å². The van der Waals surface area contributed by atoms with Crippen LogP contribution in [0.25, 0.3) is 0 Å². The molecule has 1 aromatic carbocycles. The lowest BCUT2D eigenvalue weighted by molar-refractivity contribution is -0.123. The first-order valence-corrected chi connectivity index (χ1v) is 11.0. The highest BCUT2D eigenvalue weighted by Gasteiger charge is 2.22. The molecular weight excluding hydrogens is 450 g/mol. The largest absolute Gasteiger partial charge is 0.508 e. The van der Waals surface area contributed by atoms with E-state index in [1.807, 2.05) is 6.92 Å². The molecule has 3 rings (SSSR count). The molecule has 3 aromatic rings. The Balaban J connectivity index is 1.75. The summed E-state index contributed by atoms with van der Waals surface area (Å²) in [5, 5.41) is 19.2. The second-order valence-corrected chi connectivity index (χ2v) is 9.68. The number of hydrogen-bond donors (Lipinski definition) is 4. The molecule has 2 aromatic heterocycles. The van der Waals surface area contributed by atoms with Crippen LogP contribution >= 0.6 is 22.9 Å². The van der Waals surface area contributed by atoms with Crippen LogP contribution in [0.15, 0.2) is 30.5 Å². The number of thiazole rings is 1. The molecule has 0 fully saturated rings. The van der Waals surface area contributed by atoms with Crippen molar-refractivity contribution in [2.75, 3.05) is 16.0 Å². The predicted molar refractivity (Wildman–Crippen MR) is 128 cm³/mol. The normalized spacial score (nSPS) is 11.2. The molecule has 168 valence electrons. The van der Waals surface area contributed by atoms with E-state index in [2.05, 4.69) is 25.9 Å². The lowest BCUT2D eigenvalue weighted by atomic mass is 9.96. The number of amides is 2. The molecule has 2 heterocycles. The Kier molecular flexibility index (Phi) is 6.71. The van der Waals surface area contributed by atoms with Crippen LogP contribution in [0.1, 0.15) is 41.6 Å². The Morgan fingerprint density at radius 2 is 1.81 bits per heavy atom. The summed E-state index contributed by atoms with van der Waals surface area (Å²) in [6.45, 7) is 9.00. The average Bonchev–Trinajstić information content (AvgIpc) is 3.18. The van der Waals surface area contributed by atoms with E-state index < -0.39 is 5.41 Å². The van der Waals surface area contributed by atoms with E-state index in [4.69, 9.17) is 11.6 Å². The van der Waals surface area contributed by atoms with Gasteiger partial charge in [-0.15, -0.1) is 0 Å². The molecule has 0 spiro atoms. The Morgan fingerprint density at radius 1 is 1.09 bits per heavy atom. The summed E-state index contributed by atoms with van der Waals surface area (Å²) in [6, 6.07) is 6.54. The van der Waals surface area contributed by atoms with Crippen molar-refractivity contribution in [1.29, 1.82) is 0 Å². The number of rotatable bonds is 5. The van der Waals surface area contributed by atoms with Gasteiger partial charge in [0.2, 0.25) is 5.91 Å². The molecule has 0 saturated heterocycles. The highest BCUT2D eigenvalue weighted by Crippen LogP contribution is 2.31. The molecule has 0 radical (unpaired) electrons. The van der Waals surface area contributed by atoms with Gasteiger partial charge in [-0.25, -0.2) is 9.97 Å². The van der Waals surface area contributed by atoms with Gasteiger partial charge in [-0.2, -0.15) is 0 Å². The number of nitrogens with zero attached hydrogens (tertiary/aromatic N) is 2. The fourth-order valence-corrected chi connectivity index (χ4v) is 3.51. The molecule has 0 atom stereocenters. The standard InChI is InChI=1S/C22H24ClN5O3S/c1-11-6-8-14(29)12(2)17(11)27-19(30)15-10-24-21(32-15)28-18-13(23)7-9-16(25-18)26-20(31)22(3,4)5/h6-10,29H,1-5H3,(H,27,30)(H2,24,25,26,28,31). The van der Waals surface area contributed by atoms with Gasteiger partial charge in [0.1, 0.15) is 16.4 Å². The fourth-order valence-electron chi connectivity index (χ4n) is 2.64. The maximum Gasteiger partial charge on any atom is 0.267 e. The van der Waals surface area contributed by atoms with Crippen molar-refractivity contribution in [2.24, 2.45) is 5.41 Å². The molecule has 10 heteroatoms. The van der Waals surface area contributed by atoms with E-state index in [1.165, 1.54) is 6.20 Å². The number of benzene rings is 1. The Labute approximate surface area is 195 Å². The molecule has 32 heavy (non-hydrogen) atoms. The van der Waals surface area contributed by atoms with Crippen molar-refractivity contribution in [1.82, 2.24) is 9.97 Å². The number of carbonyl (C=O) groups excluding carboxylic acids is 2. The number of carbonyl (C=O) groups is 2. The molecular formula is C22H24ClN5O3S. The highest BCUT2D eigenvalue weighted by molar-refractivity contribution is 7.17. The number of aromatic nitrogens is 2. The third-order valence-corrected chi connectivity index (χ3v) is 5.82. The summed E-state index contributed by atoms with van der Waals surface area (Å²) in [5.41, 5.74) is 1.41. The van der Waals surface area contributed by atoms with Gasteiger partial charge in [0.05, 0.1) is 16.9 Å². The Morgan fingerprint density at radius 3 is 2.50 bits per heavy atom. The van der Waals surface area contributed by atoms with Crippen molar-refractivity contribution in [2.45, 2.75) is 34.6 Å². The molecule has 4 N–H and O–H groups in total. The fraction of sp³-hybridized carbons (Fsp3) is 0.273. The first kappa shape index (κ1) is 23.5. The molecule has 0 unspecified atom stereocenters. The van der Waals surface area contributed by atoms with E-state index in [-0.39, 0.29) is 17.6 Å². The van der Waals surface area contributed by atoms with Crippen LogP contribution in [0.2, 0.25) is 5.02 Å². The number of aryl methyl sites for hydroxylation is 1. The third-order valence-electron chi connectivity index (χ3n) is 4.61. The summed E-state index contributed by atoms with van der Waals surface area (Å²) < 4.78 is 0. The molecule has 0 aliphatic carbocycles.